The molecule has 4 rings (SSSR count). The lowest BCUT2D eigenvalue weighted by atomic mass is 9.89. The van der Waals surface area contributed by atoms with Gasteiger partial charge >= 0.3 is 0 Å². The normalized spacial score (nSPS) is 18.6. The molecule has 29 heavy (non-hydrogen) atoms. The molecule has 2 aliphatic rings. The van der Waals surface area contributed by atoms with Crippen molar-refractivity contribution in [2.45, 2.75) is 44.6 Å². The maximum atomic E-state index is 12.5. The fourth-order valence-electron chi connectivity index (χ4n) is 4.03. The van der Waals surface area contributed by atoms with Gasteiger partial charge in [0.1, 0.15) is 13.2 Å². The summed E-state index contributed by atoms with van der Waals surface area (Å²) in [5, 5.41) is 3.03. The van der Waals surface area contributed by atoms with Crippen LogP contribution in [0.2, 0.25) is 0 Å². The molecule has 0 spiro atoms. The molecule has 1 N–H and O–H groups in total. The lowest BCUT2D eigenvalue weighted by Crippen LogP contribution is -2.29. The second kappa shape index (κ2) is 9.31. The summed E-state index contributed by atoms with van der Waals surface area (Å²) in [6.45, 7) is 4.29. The number of hydrogen-bond donors (Lipinski definition) is 1. The highest BCUT2D eigenvalue weighted by Crippen LogP contribution is 2.33. The van der Waals surface area contributed by atoms with E-state index in [1.54, 1.807) is 0 Å². The maximum Gasteiger partial charge on any atom is 0.227 e. The summed E-state index contributed by atoms with van der Waals surface area (Å²) in [6.07, 6.45) is 4.38. The molecule has 2 aromatic rings. The Bertz CT molecular complexity index is 851. The van der Waals surface area contributed by atoms with Crippen LogP contribution in [0.15, 0.2) is 42.5 Å². The van der Waals surface area contributed by atoms with E-state index in [4.69, 9.17) is 14.2 Å². The molecule has 2 atom stereocenters. The molecule has 0 radical (unpaired) electrons. The maximum absolute atomic E-state index is 12.5. The lowest BCUT2D eigenvalue weighted by molar-refractivity contribution is -0.122. The van der Waals surface area contributed by atoms with Crippen LogP contribution in [-0.4, -0.2) is 32.3 Å². The van der Waals surface area contributed by atoms with Crippen molar-refractivity contribution in [3.05, 3.63) is 59.2 Å². The molecule has 2 unspecified atom stereocenters. The monoisotopic (exact) mass is 395 g/mol. The number of rotatable bonds is 7. The van der Waals surface area contributed by atoms with Gasteiger partial charge in [0.25, 0.3) is 0 Å². The van der Waals surface area contributed by atoms with Crippen LogP contribution in [0.3, 0.4) is 0 Å². The standard InChI is InChI=1S/C24H29NO4/c1-17(19-10-11-22-23(16-19)29-15-14-28-22)24(26)25-12-5-13-27-21-9-4-7-18-6-2-3-8-20(18)21/h2-3,6,8,10-11,16-17,21H,4-5,7,9,12-15H2,1H3,(H,25,26). The molecule has 1 aliphatic carbocycles. The third kappa shape index (κ3) is 4.73. The molecule has 0 saturated heterocycles. The molecule has 0 bridgehead atoms. The zero-order chi connectivity index (χ0) is 20.1. The van der Waals surface area contributed by atoms with Crippen LogP contribution in [0.5, 0.6) is 11.5 Å². The first-order valence-electron chi connectivity index (χ1n) is 10.6. The van der Waals surface area contributed by atoms with E-state index in [1.807, 2.05) is 25.1 Å². The molecule has 1 heterocycles. The van der Waals surface area contributed by atoms with Crippen molar-refractivity contribution in [3.8, 4) is 11.5 Å². The van der Waals surface area contributed by atoms with Gasteiger partial charge in [-0.05, 0) is 61.4 Å². The Balaban J connectivity index is 1.21. The summed E-state index contributed by atoms with van der Waals surface area (Å²) in [7, 11) is 0. The van der Waals surface area contributed by atoms with Crippen LogP contribution in [0, 0.1) is 0 Å². The molecular weight excluding hydrogens is 366 g/mol. The fraction of sp³-hybridized carbons (Fsp3) is 0.458. The fourth-order valence-corrected chi connectivity index (χ4v) is 4.03. The minimum atomic E-state index is -0.239. The van der Waals surface area contributed by atoms with Gasteiger partial charge < -0.3 is 19.5 Å². The molecular formula is C24H29NO4. The number of ether oxygens (including phenoxy) is 3. The van der Waals surface area contributed by atoms with Gasteiger partial charge in [0, 0.05) is 13.2 Å². The van der Waals surface area contributed by atoms with Crippen molar-refractivity contribution in [2.75, 3.05) is 26.4 Å². The number of carbonyl (C=O) groups is 1. The predicted octanol–water partition coefficient (Wildman–Crippen LogP) is 4.16. The smallest absolute Gasteiger partial charge is 0.227 e. The highest BCUT2D eigenvalue weighted by atomic mass is 16.6. The van der Waals surface area contributed by atoms with Crippen molar-refractivity contribution < 1.29 is 19.0 Å². The zero-order valence-electron chi connectivity index (χ0n) is 17.0. The molecule has 1 amide bonds. The Kier molecular flexibility index (Phi) is 6.35. The van der Waals surface area contributed by atoms with Gasteiger partial charge in [0.2, 0.25) is 5.91 Å². The van der Waals surface area contributed by atoms with Crippen molar-refractivity contribution in [1.29, 1.82) is 0 Å². The van der Waals surface area contributed by atoms with Crippen molar-refractivity contribution in [3.63, 3.8) is 0 Å². The van der Waals surface area contributed by atoms with Gasteiger partial charge in [0.15, 0.2) is 11.5 Å². The lowest BCUT2D eigenvalue weighted by Gasteiger charge is -2.25. The van der Waals surface area contributed by atoms with E-state index in [2.05, 4.69) is 29.6 Å². The van der Waals surface area contributed by atoms with Crippen LogP contribution in [0.1, 0.15) is 54.9 Å². The Labute approximate surface area is 172 Å². The minimum absolute atomic E-state index is 0.0182. The molecule has 0 saturated carbocycles. The van der Waals surface area contributed by atoms with Crippen molar-refractivity contribution >= 4 is 5.91 Å². The van der Waals surface area contributed by atoms with Crippen LogP contribution in [0.4, 0.5) is 0 Å². The average molecular weight is 395 g/mol. The molecule has 5 heteroatoms. The molecule has 2 aromatic carbocycles. The van der Waals surface area contributed by atoms with E-state index in [9.17, 15) is 4.79 Å². The van der Waals surface area contributed by atoms with E-state index in [1.165, 1.54) is 17.5 Å². The zero-order valence-corrected chi connectivity index (χ0v) is 17.0. The minimum Gasteiger partial charge on any atom is -0.486 e. The molecule has 5 nitrogen and oxygen atoms in total. The van der Waals surface area contributed by atoms with E-state index in [0.29, 0.717) is 26.4 Å². The summed E-state index contributed by atoms with van der Waals surface area (Å²) in [4.78, 5) is 12.5. The SMILES string of the molecule is CC(C(=O)NCCCOC1CCCc2ccccc21)c1ccc2c(c1)OCCO2. The van der Waals surface area contributed by atoms with Gasteiger partial charge in [-0.2, -0.15) is 0 Å². The second-order valence-electron chi connectivity index (χ2n) is 7.72. The Morgan fingerprint density at radius 2 is 2.00 bits per heavy atom. The van der Waals surface area contributed by atoms with E-state index < -0.39 is 0 Å². The second-order valence-corrected chi connectivity index (χ2v) is 7.72. The topological polar surface area (TPSA) is 56.8 Å². The first-order chi connectivity index (χ1) is 14.2. The Morgan fingerprint density at radius 1 is 1.17 bits per heavy atom. The number of hydrogen-bond acceptors (Lipinski definition) is 4. The number of amides is 1. The van der Waals surface area contributed by atoms with Gasteiger partial charge in [-0.3, -0.25) is 4.79 Å². The highest BCUT2D eigenvalue weighted by Gasteiger charge is 2.21. The average Bonchev–Trinajstić information content (AvgIpc) is 2.78. The Hall–Kier alpha value is -2.53. The van der Waals surface area contributed by atoms with Crippen LogP contribution >= 0.6 is 0 Å². The highest BCUT2D eigenvalue weighted by molar-refractivity contribution is 5.83. The first kappa shape index (κ1) is 19.8. The van der Waals surface area contributed by atoms with Gasteiger partial charge in [0.05, 0.1) is 12.0 Å². The van der Waals surface area contributed by atoms with E-state index in [-0.39, 0.29) is 17.9 Å². The first-order valence-corrected chi connectivity index (χ1v) is 10.6. The van der Waals surface area contributed by atoms with E-state index in [0.717, 1.165) is 36.3 Å². The molecule has 0 fully saturated rings. The number of nitrogens with one attached hydrogen (secondary N) is 1. The third-order valence-corrected chi connectivity index (χ3v) is 5.71. The number of benzene rings is 2. The predicted molar refractivity (Wildman–Crippen MR) is 112 cm³/mol. The quantitative estimate of drug-likeness (QED) is 0.715. The summed E-state index contributed by atoms with van der Waals surface area (Å²) in [5.74, 6) is 1.24. The third-order valence-electron chi connectivity index (χ3n) is 5.71. The largest absolute Gasteiger partial charge is 0.486 e. The molecule has 1 aliphatic heterocycles. The summed E-state index contributed by atoms with van der Waals surface area (Å²) < 4.78 is 17.3. The van der Waals surface area contributed by atoms with Crippen molar-refractivity contribution in [2.24, 2.45) is 0 Å². The Morgan fingerprint density at radius 3 is 2.90 bits per heavy atom. The van der Waals surface area contributed by atoms with Crippen LogP contribution in [-0.2, 0) is 16.0 Å². The van der Waals surface area contributed by atoms with Gasteiger partial charge in [-0.15, -0.1) is 0 Å². The number of fused-ring (bicyclic) bond motifs is 2. The van der Waals surface area contributed by atoms with E-state index >= 15 is 0 Å². The van der Waals surface area contributed by atoms with Crippen LogP contribution < -0.4 is 14.8 Å². The number of aryl methyl sites for hydroxylation is 1. The van der Waals surface area contributed by atoms with Crippen LogP contribution in [0.25, 0.3) is 0 Å². The van der Waals surface area contributed by atoms with Gasteiger partial charge in [-0.25, -0.2) is 0 Å². The summed E-state index contributed by atoms with van der Waals surface area (Å²) in [5.41, 5.74) is 3.67. The molecule has 154 valence electrons. The summed E-state index contributed by atoms with van der Waals surface area (Å²) in [6, 6.07) is 14.3. The summed E-state index contributed by atoms with van der Waals surface area (Å²) >= 11 is 0. The van der Waals surface area contributed by atoms with Crippen molar-refractivity contribution in [1.82, 2.24) is 5.32 Å². The van der Waals surface area contributed by atoms with Gasteiger partial charge in [-0.1, -0.05) is 30.3 Å². The molecule has 0 aromatic heterocycles. The number of carbonyl (C=O) groups excluding carboxylic acids is 1.